The lowest BCUT2D eigenvalue weighted by Crippen LogP contribution is -2.46. The average Bonchev–Trinajstić information content (AvgIpc) is 2.76. The van der Waals surface area contributed by atoms with Crippen molar-refractivity contribution in [3.63, 3.8) is 0 Å². The zero-order valence-electron chi connectivity index (χ0n) is 11.5. The van der Waals surface area contributed by atoms with Crippen LogP contribution in [0.25, 0.3) is 0 Å². The van der Waals surface area contributed by atoms with E-state index in [0.717, 1.165) is 31.9 Å². The number of carbonyl (C=O) groups is 1. The number of nitrogens with one attached hydrogen (secondary N) is 1. The van der Waals surface area contributed by atoms with Gasteiger partial charge in [-0.05, 0) is 26.2 Å². The van der Waals surface area contributed by atoms with Crippen LogP contribution in [0.4, 0.5) is 0 Å². The lowest BCUT2D eigenvalue weighted by atomic mass is 10.2. The maximum atomic E-state index is 11.9. The summed E-state index contributed by atoms with van der Waals surface area (Å²) in [6.07, 6.45) is 6.16. The van der Waals surface area contributed by atoms with Crippen LogP contribution < -0.4 is 5.32 Å². The van der Waals surface area contributed by atoms with Gasteiger partial charge in [-0.3, -0.25) is 4.79 Å². The van der Waals surface area contributed by atoms with Crippen LogP contribution >= 0.6 is 0 Å². The van der Waals surface area contributed by atoms with Crippen LogP contribution in [0.1, 0.15) is 46.0 Å². The number of nitrogens with zero attached hydrogens (tertiary/aromatic N) is 1. The smallest absolute Gasteiger partial charge is 0.235 e. The predicted molar refractivity (Wildman–Crippen MR) is 71.7 cm³/mol. The van der Waals surface area contributed by atoms with Crippen LogP contribution in [0.3, 0.4) is 0 Å². The van der Waals surface area contributed by atoms with Crippen LogP contribution in [0.2, 0.25) is 0 Å². The summed E-state index contributed by atoms with van der Waals surface area (Å²) in [5.74, 6) is -0.187. The zero-order chi connectivity index (χ0) is 13.8. The highest BCUT2D eigenvalue weighted by Gasteiger charge is 2.26. The molecule has 1 N–H and O–H groups in total. The van der Waals surface area contributed by atoms with E-state index >= 15 is 0 Å². The fraction of sp³-hybridized carbons (Fsp3) is 0.917. The quantitative estimate of drug-likeness (QED) is 0.790. The van der Waals surface area contributed by atoms with E-state index in [1.807, 2.05) is 13.8 Å². The molecule has 1 aliphatic carbocycles. The van der Waals surface area contributed by atoms with E-state index in [4.69, 9.17) is 0 Å². The normalized spacial score (nSPS) is 19.1. The van der Waals surface area contributed by atoms with Gasteiger partial charge in [-0.2, -0.15) is 4.31 Å². The van der Waals surface area contributed by atoms with Gasteiger partial charge in [0.2, 0.25) is 15.9 Å². The molecule has 1 atom stereocenters. The molecule has 6 heteroatoms. The maximum Gasteiger partial charge on any atom is 0.235 e. The first kappa shape index (κ1) is 15.4. The Labute approximate surface area is 110 Å². The molecule has 0 spiro atoms. The first-order valence-electron chi connectivity index (χ1n) is 6.60. The van der Waals surface area contributed by atoms with E-state index in [2.05, 4.69) is 5.32 Å². The first-order valence-corrected chi connectivity index (χ1v) is 8.45. The van der Waals surface area contributed by atoms with E-state index in [1.165, 1.54) is 4.31 Å². The fourth-order valence-electron chi connectivity index (χ4n) is 2.29. The van der Waals surface area contributed by atoms with Gasteiger partial charge in [0.05, 0.1) is 12.8 Å². The molecule has 0 saturated heterocycles. The molecular weight excluding hydrogens is 252 g/mol. The molecule has 0 heterocycles. The van der Waals surface area contributed by atoms with Crippen molar-refractivity contribution >= 4 is 15.9 Å². The number of sulfonamides is 1. The molecule has 0 radical (unpaired) electrons. The van der Waals surface area contributed by atoms with E-state index < -0.39 is 10.0 Å². The van der Waals surface area contributed by atoms with Gasteiger partial charge in [-0.15, -0.1) is 0 Å². The molecular formula is C12H24N2O3S. The van der Waals surface area contributed by atoms with Crippen molar-refractivity contribution in [1.82, 2.24) is 9.62 Å². The molecule has 0 bridgehead atoms. The highest BCUT2D eigenvalue weighted by atomic mass is 32.2. The molecule has 106 valence electrons. The van der Waals surface area contributed by atoms with E-state index in [1.54, 1.807) is 0 Å². The van der Waals surface area contributed by atoms with Crippen molar-refractivity contribution < 1.29 is 13.2 Å². The third-order valence-electron chi connectivity index (χ3n) is 3.53. The van der Waals surface area contributed by atoms with Gasteiger partial charge in [-0.1, -0.05) is 19.8 Å². The molecule has 1 aliphatic rings. The first-order chi connectivity index (χ1) is 8.34. The molecule has 1 rings (SSSR count). The predicted octanol–water partition coefficient (Wildman–Crippen LogP) is 1.11. The van der Waals surface area contributed by atoms with Gasteiger partial charge < -0.3 is 5.32 Å². The highest BCUT2D eigenvalue weighted by molar-refractivity contribution is 7.88. The van der Waals surface area contributed by atoms with Crippen LogP contribution in [-0.2, 0) is 14.8 Å². The van der Waals surface area contributed by atoms with Crippen molar-refractivity contribution in [3.8, 4) is 0 Å². The summed E-state index contributed by atoms with van der Waals surface area (Å²) in [6, 6.07) is 0.0881. The Bertz CT molecular complexity index is 375. The minimum absolute atomic E-state index is 0.0651. The molecule has 1 unspecified atom stereocenters. The van der Waals surface area contributed by atoms with E-state index in [9.17, 15) is 13.2 Å². The second kappa shape index (κ2) is 6.52. The maximum absolute atomic E-state index is 11.9. The third-order valence-corrected chi connectivity index (χ3v) is 4.87. The Balaban J connectivity index is 2.57. The third kappa shape index (κ3) is 4.57. The minimum atomic E-state index is -3.33. The van der Waals surface area contributed by atoms with Crippen molar-refractivity contribution in [2.75, 3.05) is 12.8 Å². The average molecular weight is 276 g/mol. The summed E-state index contributed by atoms with van der Waals surface area (Å²) >= 11 is 0. The van der Waals surface area contributed by atoms with Gasteiger partial charge in [0.15, 0.2) is 0 Å². The summed E-state index contributed by atoms with van der Waals surface area (Å²) in [5.41, 5.74) is 0. The molecule has 0 aromatic rings. The molecule has 1 saturated carbocycles. The van der Waals surface area contributed by atoms with Crippen LogP contribution in [0, 0.1) is 0 Å². The molecule has 18 heavy (non-hydrogen) atoms. The topological polar surface area (TPSA) is 66.5 Å². The Morgan fingerprint density at radius 3 is 2.39 bits per heavy atom. The van der Waals surface area contributed by atoms with Crippen LogP contribution in [0.5, 0.6) is 0 Å². The molecule has 0 aromatic heterocycles. The number of carbonyl (C=O) groups excluding carboxylic acids is 1. The largest absolute Gasteiger partial charge is 0.352 e. The SMILES string of the molecule is CCC(C)N(CC(=O)NC1CCCC1)S(C)(=O)=O. The van der Waals surface area contributed by atoms with Crippen molar-refractivity contribution in [3.05, 3.63) is 0 Å². The Kier molecular flexibility index (Phi) is 5.59. The van der Waals surface area contributed by atoms with Crippen LogP contribution in [-0.4, -0.2) is 43.5 Å². The molecule has 0 aromatic carbocycles. The van der Waals surface area contributed by atoms with Crippen LogP contribution in [0.15, 0.2) is 0 Å². The molecule has 0 aliphatic heterocycles. The highest BCUT2D eigenvalue weighted by Crippen LogP contribution is 2.17. The van der Waals surface area contributed by atoms with Crippen molar-refractivity contribution in [2.24, 2.45) is 0 Å². The van der Waals surface area contributed by atoms with E-state index in [-0.39, 0.29) is 24.5 Å². The lowest BCUT2D eigenvalue weighted by molar-refractivity contribution is -0.122. The van der Waals surface area contributed by atoms with Gasteiger partial charge in [0.25, 0.3) is 0 Å². The zero-order valence-corrected chi connectivity index (χ0v) is 12.3. The summed E-state index contributed by atoms with van der Waals surface area (Å²) in [7, 11) is -3.33. The second-order valence-electron chi connectivity index (χ2n) is 5.11. The molecule has 1 fully saturated rings. The summed E-state index contributed by atoms with van der Waals surface area (Å²) in [6.45, 7) is 3.67. The number of rotatable bonds is 6. The monoisotopic (exact) mass is 276 g/mol. The Morgan fingerprint density at radius 2 is 1.94 bits per heavy atom. The summed E-state index contributed by atoms with van der Waals surface area (Å²) < 4.78 is 24.6. The standard InChI is InChI=1S/C12H24N2O3S/c1-4-10(2)14(18(3,16)17)9-12(15)13-11-7-5-6-8-11/h10-11H,4-9H2,1-3H3,(H,13,15). The summed E-state index contributed by atoms with van der Waals surface area (Å²) in [5, 5.41) is 2.92. The Hall–Kier alpha value is -0.620. The minimum Gasteiger partial charge on any atom is -0.352 e. The number of hydrogen-bond donors (Lipinski definition) is 1. The molecule has 5 nitrogen and oxygen atoms in total. The Morgan fingerprint density at radius 1 is 1.39 bits per heavy atom. The summed E-state index contributed by atoms with van der Waals surface area (Å²) in [4.78, 5) is 11.9. The second-order valence-corrected chi connectivity index (χ2v) is 7.05. The van der Waals surface area contributed by atoms with Gasteiger partial charge >= 0.3 is 0 Å². The number of hydrogen-bond acceptors (Lipinski definition) is 3. The molecule has 1 amide bonds. The van der Waals surface area contributed by atoms with Gasteiger partial charge in [-0.25, -0.2) is 8.42 Å². The van der Waals surface area contributed by atoms with Crippen molar-refractivity contribution in [2.45, 2.75) is 58.0 Å². The van der Waals surface area contributed by atoms with Gasteiger partial charge in [0.1, 0.15) is 0 Å². The number of amides is 1. The van der Waals surface area contributed by atoms with E-state index in [0.29, 0.717) is 6.42 Å². The lowest BCUT2D eigenvalue weighted by Gasteiger charge is -2.26. The fourth-order valence-corrected chi connectivity index (χ4v) is 3.44. The van der Waals surface area contributed by atoms with Gasteiger partial charge in [0, 0.05) is 12.1 Å². The van der Waals surface area contributed by atoms with Crippen molar-refractivity contribution in [1.29, 1.82) is 0 Å².